The highest BCUT2D eigenvalue weighted by atomic mass is 19.3. The summed E-state index contributed by atoms with van der Waals surface area (Å²) in [5.41, 5.74) is 0. The SMILES string of the molecule is CC(C)OC(=O)CC(F)(F)C(=O)OC(C)C. The molecule has 0 rings (SSSR count). The summed E-state index contributed by atoms with van der Waals surface area (Å²) >= 11 is 0. The maximum atomic E-state index is 13.1. The van der Waals surface area contributed by atoms with Crippen LogP contribution >= 0.6 is 0 Å². The van der Waals surface area contributed by atoms with Gasteiger partial charge >= 0.3 is 17.9 Å². The summed E-state index contributed by atoms with van der Waals surface area (Å²) < 4.78 is 35.0. The van der Waals surface area contributed by atoms with Gasteiger partial charge in [0.1, 0.15) is 6.42 Å². The van der Waals surface area contributed by atoms with Gasteiger partial charge in [0.15, 0.2) is 0 Å². The summed E-state index contributed by atoms with van der Waals surface area (Å²) in [5, 5.41) is 0. The van der Waals surface area contributed by atoms with E-state index in [4.69, 9.17) is 0 Å². The lowest BCUT2D eigenvalue weighted by molar-refractivity contribution is -0.183. The van der Waals surface area contributed by atoms with Gasteiger partial charge in [-0.2, -0.15) is 8.78 Å². The van der Waals surface area contributed by atoms with Crippen LogP contribution in [0.1, 0.15) is 34.1 Å². The number of esters is 2. The Morgan fingerprint density at radius 1 is 1.06 bits per heavy atom. The molecular weight excluding hydrogens is 222 g/mol. The summed E-state index contributed by atoms with van der Waals surface area (Å²) in [6.45, 7) is 5.95. The number of rotatable bonds is 5. The van der Waals surface area contributed by atoms with Gasteiger partial charge < -0.3 is 9.47 Å². The fourth-order valence-electron chi connectivity index (χ4n) is 0.858. The summed E-state index contributed by atoms with van der Waals surface area (Å²) in [6, 6.07) is 0. The zero-order valence-electron chi connectivity index (χ0n) is 9.75. The number of hydrogen-bond acceptors (Lipinski definition) is 4. The van der Waals surface area contributed by atoms with Gasteiger partial charge in [-0.1, -0.05) is 0 Å². The standard InChI is InChI=1S/C10H16F2O4/c1-6(2)15-8(13)5-10(11,12)9(14)16-7(3)4/h6-7H,5H2,1-4H3. The lowest BCUT2D eigenvalue weighted by atomic mass is 10.2. The predicted molar refractivity (Wildman–Crippen MR) is 52.0 cm³/mol. The van der Waals surface area contributed by atoms with Crippen LogP contribution in [0, 0.1) is 0 Å². The molecule has 0 aliphatic heterocycles. The fourth-order valence-corrected chi connectivity index (χ4v) is 0.858. The lowest BCUT2D eigenvalue weighted by Crippen LogP contribution is -2.35. The van der Waals surface area contributed by atoms with Crippen LogP contribution in [0.5, 0.6) is 0 Å². The van der Waals surface area contributed by atoms with Crippen molar-refractivity contribution in [2.24, 2.45) is 0 Å². The van der Waals surface area contributed by atoms with Crippen LogP contribution < -0.4 is 0 Å². The predicted octanol–water partition coefficient (Wildman–Crippen LogP) is 1.92. The maximum absolute atomic E-state index is 13.1. The van der Waals surface area contributed by atoms with Gasteiger partial charge in [-0.05, 0) is 27.7 Å². The Balaban J connectivity index is 4.33. The molecule has 0 aliphatic carbocycles. The van der Waals surface area contributed by atoms with Crippen LogP contribution in [0.3, 0.4) is 0 Å². The highest BCUT2D eigenvalue weighted by Crippen LogP contribution is 2.22. The molecule has 0 atom stereocenters. The van der Waals surface area contributed by atoms with Crippen LogP contribution in [-0.2, 0) is 19.1 Å². The number of ether oxygens (including phenoxy) is 2. The molecule has 0 bridgehead atoms. The molecule has 94 valence electrons. The van der Waals surface area contributed by atoms with Crippen molar-refractivity contribution in [1.82, 2.24) is 0 Å². The van der Waals surface area contributed by atoms with Crippen molar-refractivity contribution in [2.45, 2.75) is 52.2 Å². The minimum absolute atomic E-state index is 0.496. The topological polar surface area (TPSA) is 52.6 Å². The summed E-state index contributed by atoms with van der Waals surface area (Å²) in [5.74, 6) is -6.67. The zero-order chi connectivity index (χ0) is 12.9. The maximum Gasteiger partial charge on any atom is 0.377 e. The highest BCUT2D eigenvalue weighted by molar-refractivity contribution is 5.84. The van der Waals surface area contributed by atoms with Crippen LogP contribution in [0.2, 0.25) is 0 Å². The van der Waals surface area contributed by atoms with Crippen molar-refractivity contribution in [3.05, 3.63) is 0 Å². The second-order valence-corrected chi connectivity index (χ2v) is 3.87. The number of alkyl halides is 2. The van der Waals surface area contributed by atoms with Gasteiger partial charge in [-0.15, -0.1) is 0 Å². The largest absolute Gasteiger partial charge is 0.463 e. The first-order valence-corrected chi connectivity index (χ1v) is 4.93. The summed E-state index contributed by atoms with van der Waals surface area (Å²) in [6.07, 6.45) is -2.44. The Kier molecular flexibility index (Phi) is 5.33. The van der Waals surface area contributed by atoms with E-state index < -0.39 is 36.5 Å². The number of carbonyl (C=O) groups excluding carboxylic acids is 2. The number of halogens is 2. The molecule has 6 heteroatoms. The summed E-state index contributed by atoms with van der Waals surface area (Å²) in [7, 11) is 0. The van der Waals surface area contributed by atoms with Crippen molar-refractivity contribution < 1.29 is 27.8 Å². The second kappa shape index (κ2) is 5.77. The monoisotopic (exact) mass is 238 g/mol. The van der Waals surface area contributed by atoms with Crippen molar-refractivity contribution >= 4 is 11.9 Å². The third kappa shape index (κ3) is 5.63. The Hall–Kier alpha value is -1.20. The van der Waals surface area contributed by atoms with Crippen molar-refractivity contribution in [3.8, 4) is 0 Å². The van der Waals surface area contributed by atoms with E-state index in [0.29, 0.717) is 0 Å². The third-order valence-corrected chi connectivity index (χ3v) is 1.37. The van der Waals surface area contributed by atoms with Gasteiger partial charge in [0.2, 0.25) is 0 Å². The van der Waals surface area contributed by atoms with Crippen LogP contribution in [0.15, 0.2) is 0 Å². The molecular formula is C10H16F2O4. The average Bonchev–Trinajstić information content (AvgIpc) is 1.98. The molecule has 0 aromatic heterocycles. The Morgan fingerprint density at radius 3 is 1.88 bits per heavy atom. The van der Waals surface area contributed by atoms with Crippen molar-refractivity contribution in [2.75, 3.05) is 0 Å². The van der Waals surface area contributed by atoms with Crippen molar-refractivity contribution in [3.63, 3.8) is 0 Å². The van der Waals surface area contributed by atoms with E-state index in [-0.39, 0.29) is 0 Å². The normalized spacial score (nSPS) is 11.8. The first-order valence-electron chi connectivity index (χ1n) is 4.93. The van der Waals surface area contributed by atoms with Crippen molar-refractivity contribution in [1.29, 1.82) is 0 Å². The van der Waals surface area contributed by atoms with Gasteiger partial charge in [0.05, 0.1) is 12.2 Å². The van der Waals surface area contributed by atoms with E-state index in [0.717, 1.165) is 0 Å². The molecule has 16 heavy (non-hydrogen) atoms. The molecule has 0 unspecified atom stereocenters. The Bertz CT molecular complexity index is 262. The first kappa shape index (κ1) is 14.8. The zero-order valence-corrected chi connectivity index (χ0v) is 9.75. The fraction of sp³-hybridized carbons (Fsp3) is 0.800. The van der Waals surface area contributed by atoms with E-state index in [1.807, 2.05) is 0 Å². The molecule has 0 saturated carbocycles. The third-order valence-electron chi connectivity index (χ3n) is 1.37. The van der Waals surface area contributed by atoms with E-state index in [1.165, 1.54) is 27.7 Å². The molecule has 0 spiro atoms. The molecule has 0 aromatic carbocycles. The van der Waals surface area contributed by atoms with E-state index in [2.05, 4.69) is 9.47 Å². The molecule has 0 radical (unpaired) electrons. The molecule has 4 nitrogen and oxygen atoms in total. The molecule has 0 aliphatic rings. The molecule has 0 saturated heterocycles. The summed E-state index contributed by atoms with van der Waals surface area (Å²) in [4.78, 5) is 21.9. The lowest BCUT2D eigenvalue weighted by Gasteiger charge is -2.17. The van der Waals surface area contributed by atoms with E-state index in [9.17, 15) is 18.4 Å². The van der Waals surface area contributed by atoms with Crippen LogP contribution in [-0.4, -0.2) is 30.1 Å². The molecule has 0 aromatic rings. The van der Waals surface area contributed by atoms with Gasteiger partial charge in [0.25, 0.3) is 0 Å². The van der Waals surface area contributed by atoms with E-state index >= 15 is 0 Å². The molecule has 0 fully saturated rings. The van der Waals surface area contributed by atoms with Gasteiger partial charge in [-0.3, -0.25) is 4.79 Å². The van der Waals surface area contributed by atoms with Gasteiger partial charge in [-0.25, -0.2) is 4.79 Å². The number of carbonyl (C=O) groups is 2. The Labute approximate surface area is 92.9 Å². The van der Waals surface area contributed by atoms with Crippen LogP contribution in [0.4, 0.5) is 8.78 Å². The highest BCUT2D eigenvalue weighted by Gasteiger charge is 2.44. The Morgan fingerprint density at radius 2 is 1.50 bits per heavy atom. The molecule has 0 heterocycles. The first-order chi connectivity index (χ1) is 7.15. The minimum atomic E-state index is -3.84. The minimum Gasteiger partial charge on any atom is -0.463 e. The van der Waals surface area contributed by atoms with Gasteiger partial charge in [0, 0.05) is 0 Å². The average molecular weight is 238 g/mol. The molecule has 0 N–H and O–H groups in total. The quantitative estimate of drug-likeness (QED) is 0.686. The second-order valence-electron chi connectivity index (χ2n) is 3.87. The smallest absolute Gasteiger partial charge is 0.377 e. The van der Waals surface area contributed by atoms with E-state index in [1.54, 1.807) is 0 Å². The van der Waals surface area contributed by atoms with Crippen LogP contribution in [0.25, 0.3) is 0 Å². The molecule has 0 amide bonds. The number of hydrogen-bond donors (Lipinski definition) is 0.